The molecule has 0 amide bonds. The molecule has 2 aromatic heterocycles. The van der Waals surface area contributed by atoms with E-state index in [1.165, 1.54) is 41.5 Å². The van der Waals surface area contributed by atoms with Gasteiger partial charge in [-0.3, -0.25) is 9.71 Å². The molecule has 0 unspecified atom stereocenters. The molecule has 5 nitrogen and oxygen atoms in total. The van der Waals surface area contributed by atoms with E-state index in [2.05, 4.69) is 74.8 Å². The van der Waals surface area contributed by atoms with Crippen LogP contribution in [-0.4, -0.2) is 22.1 Å². The summed E-state index contributed by atoms with van der Waals surface area (Å²) in [6.45, 7) is 3.52. The summed E-state index contributed by atoms with van der Waals surface area (Å²) in [6.07, 6.45) is 11.3. The molecule has 0 bridgehead atoms. The van der Waals surface area contributed by atoms with Crippen LogP contribution in [0.1, 0.15) is 41.1 Å². The number of hydrogen-bond donors (Lipinski definition) is 2. The highest BCUT2D eigenvalue weighted by atomic mass is 32.2. The third kappa shape index (κ3) is 5.49. The minimum absolute atomic E-state index is 0.543. The van der Waals surface area contributed by atoms with Crippen molar-refractivity contribution in [3.8, 4) is 0 Å². The summed E-state index contributed by atoms with van der Waals surface area (Å²) < 4.78 is 5.46. The van der Waals surface area contributed by atoms with Gasteiger partial charge in [-0.25, -0.2) is 4.98 Å². The molecular weight excluding hydrogens is 378 g/mol. The van der Waals surface area contributed by atoms with Crippen molar-refractivity contribution >= 4 is 23.8 Å². The van der Waals surface area contributed by atoms with E-state index in [0.717, 1.165) is 35.1 Å². The molecule has 150 valence electrons. The van der Waals surface area contributed by atoms with E-state index in [1.807, 2.05) is 6.21 Å². The summed E-state index contributed by atoms with van der Waals surface area (Å²) >= 11 is 1.51. The van der Waals surface area contributed by atoms with E-state index in [0.29, 0.717) is 6.54 Å². The number of benzene rings is 1. The van der Waals surface area contributed by atoms with E-state index in [-0.39, 0.29) is 0 Å². The van der Waals surface area contributed by atoms with Gasteiger partial charge in [0.15, 0.2) is 0 Å². The average molecular weight is 406 g/mol. The lowest BCUT2D eigenvalue weighted by atomic mass is 10.1. The SMILES string of the molecule is Cc1ccc(CCNSC(C=NCc2cn3cc(C4CC4)ccc3n2)=CN)cc1. The molecule has 1 saturated carbocycles. The zero-order valence-electron chi connectivity index (χ0n) is 16.7. The normalized spacial score (nSPS) is 14.9. The van der Waals surface area contributed by atoms with E-state index < -0.39 is 0 Å². The molecule has 0 aliphatic heterocycles. The molecule has 2 heterocycles. The number of hydrogen-bond acceptors (Lipinski definition) is 5. The fourth-order valence-corrected chi connectivity index (χ4v) is 3.78. The lowest BCUT2D eigenvalue weighted by Gasteiger charge is -2.05. The Morgan fingerprint density at radius 1 is 1.24 bits per heavy atom. The molecule has 0 radical (unpaired) electrons. The van der Waals surface area contributed by atoms with Crippen molar-refractivity contribution in [3.05, 3.63) is 82.3 Å². The second-order valence-corrected chi connectivity index (χ2v) is 8.47. The molecular formula is C23H27N5S. The summed E-state index contributed by atoms with van der Waals surface area (Å²) in [6, 6.07) is 12.9. The topological polar surface area (TPSA) is 67.7 Å². The van der Waals surface area contributed by atoms with Crippen LogP contribution in [0.2, 0.25) is 0 Å². The quantitative estimate of drug-likeness (QED) is 0.315. The van der Waals surface area contributed by atoms with Crippen molar-refractivity contribution < 1.29 is 0 Å². The zero-order valence-corrected chi connectivity index (χ0v) is 17.5. The standard InChI is InChI=1S/C23H27N5S/c1-17-2-4-18(5-3-17)10-11-26-29-22(12-24)14-25-13-21-16-28-15-20(19-6-7-19)8-9-23(28)27-21/h2-5,8-9,12,14-16,19,26H,6-7,10-11,13,24H2,1H3. The third-order valence-electron chi connectivity index (χ3n) is 5.04. The van der Waals surface area contributed by atoms with Crippen molar-refractivity contribution in [2.75, 3.05) is 6.54 Å². The van der Waals surface area contributed by atoms with Crippen molar-refractivity contribution in [1.29, 1.82) is 0 Å². The zero-order chi connectivity index (χ0) is 20.1. The van der Waals surface area contributed by atoms with Crippen LogP contribution in [0.5, 0.6) is 0 Å². The van der Waals surface area contributed by atoms with Crippen LogP contribution in [0.3, 0.4) is 0 Å². The largest absolute Gasteiger partial charge is 0.404 e. The molecule has 4 rings (SSSR count). The maximum atomic E-state index is 5.74. The molecule has 0 atom stereocenters. The van der Waals surface area contributed by atoms with Crippen LogP contribution in [0, 0.1) is 6.92 Å². The highest BCUT2D eigenvalue weighted by Crippen LogP contribution is 2.39. The number of nitrogens with two attached hydrogens (primary N) is 1. The summed E-state index contributed by atoms with van der Waals surface area (Å²) in [7, 11) is 0. The number of aryl methyl sites for hydroxylation is 1. The number of pyridine rings is 1. The maximum Gasteiger partial charge on any atom is 0.137 e. The van der Waals surface area contributed by atoms with Crippen LogP contribution in [0.15, 0.2) is 64.9 Å². The number of aromatic nitrogens is 2. The van der Waals surface area contributed by atoms with Crippen molar-refractivity contribution in [2.24, 2.45) is 10.7 Å². The molecule has 3 aromatic rings. The van der Waals surface area contributed by atoms with Gasteiger partial charge < -0.3 is 10.1 Å². The van der Waals surface area contributed by atoms with Gasteiger partial charge in [-0.1, -0.05) is 35.9 Å². The van der Waals surface area contributed by atoms with Crippen LogP contribution >= 0.6 is 11.9 Å². The van der Waals surface area contributed by atoms with Gasteiger partial charge in [0.1, 0.15) is 5.65 Å². The number of fused-ring (bicyclic) bond motifs is 1. The smallest absolute Gasteiger partial charge is 0.137 e. The van der Waals surface area contributed by atoms with Gasteiger partial charge in [-0.05, 0) is 61.2 Å². The number of nitrogens with one attached hydrogen (secondary N) is 1. The van der Waals surface area contributed by atoms with Crippen LogP contribution in [-0.2, 0) is 13.0 Å². The predicted molar refractivity (Wildman–Crippen MR) is 122 cm³/mol. The molecule has 6 heteroatoms. The van der Waals surface area contributed by atoms with Crippen LogP contribution < -0.4 is 10.5 Å². The second-order valence-electron chi connectivity index (χ2n) is 7.51. The molecule has 3 N–H and O–H groups in total. The van der Waals surface area contributed by atoms with Gasteiger partial charge in [0, 0.05) is 31.4 Å². The Labute approximate surface area is 176 Å². The first kappa shape index (κ1) is 19.7. The Balaban J connectivity index is 1.25. The number of imidazole rings is 1. The Bertz CT molecular complexity index is 1020. The third-order valence-corrected chi connectivity index (χ3v) is 5.86. The summed E-state index contributed by atoms with van der Waals surface area (Å²) in [5, 5.41) is 0. The monoisotopic (exact) mass is 405 g/mol. The summed E-state index contributed by atoms with van der Waals surface area (Å²) in [5.41, 5.74) is 11.7. The van der Waals surface area contributed by atoms with Gasteiger partial charge >= 0.3 is 0 Å². The fraction of sp³-hybridized carbons (Fsp3) is 0.304. The Morgan fingerprint density at radius 3 is 2.83 bits per heavy atom. The molecule has 1 aliphatic carbocycles. The molecule has 1 aromatic carbocycles. The summed E-state index contributed by atoms with van der Waals surface area (Å²) in [4.78, 5) is 10.1. The first-order valence-corrected chi connectivity index (χ1v) is 10.9. The molecule has 0 spiro atoms. The molecule has 29 heavy (non-hydrogen) atoms. The number of allylic oxidation sites excluding steroid dienone is 1. The number of nitrogens with zero attached hydrogens (tertiary/aromatic N) is 3. The lowest BCUT2D eigenvalue weighted by Crippen LogP contribution is -2.09. The number of rotatable bonds is 9. The van der Waals surface area contributed by atoms with Gasteiger partial charge in [0.25, 0.3) is 0 Å². The molecule has 1 aliphatic rings. The highest BCUT2D eigenvalue weighted by Gasteiger charge is 2.23. The predicted octanol–water partition coefficient (Wildman–Crippen LogP) is 4.37. The van der Waals surface area contributed by atoms with E-state index in [9.17, 15) is 0 Å². The minimum Gasteiger partial charge on any atom is -0.404 e. The minimum atomic E-state index is 0.543. The van der Waals surface area contributed by atoms with Crippen LogP contribution in [0.25, 0.3) is 5.65 Å². The number of aliphatic imine (C=N–C) groups is 1. The van der Waals surface area contributed by atoms with Gasteiger partial charge in [0.05, 0.1) is 17.1 Å². The lowest BCUT2D eigenvalue weighted by molar-refractivity contribution is 0.910. The fourth-order valence-electron chi connectivity index (χ4n) is 3.21. The van der Waals surface area contributed by atoms with Crippen LogP contribution in [0.4, 0.5) is 0 Å². The first-order chi connectivity index (χ1) is 14.2. The van der Waals surface area contributed by atoms with Gasteiger partial charge in [-0.2, -0.15) is 0 Å². The Hall–Kier alpha value is -2.57. The molecule has 0 saturated heterocycles. The summed E-state index contributed by atoms with van der Waals surface area (Å²) in [5.74, 6) is 0.746. The van der Waals surface area contributed by atoms with E-state index in [4.69, 9.17) is 5.73 Å². The highest BCUT2D eigenvalue weighted by molar-refractivity contribution is 8.02. The van der Waals surface area contributed by atoms with Gasteiger partial charge in [-0.15, -0.1) is 0 Å². The molecule has 1 fully saturated rings. The van der Waals surface area contributed by atoms with Gasteiger partial charge in [0.2, 0.25) is 0 Å². The van der Waals surface area contributed by atoms with E-state index in [1.54, 1.807) is 6.20 Å². The Kier molecular flexibility index (Phi) is 6.32. The second kappa shape index (κ2) is 9.29. The van der Waals surface area contributed by atoms with Crippen molar-refractivity contribution in [3.63, 3.8) is 0 Å². The average Bonchev–Trinajstić information content (AvgIpc) is 3.50. The van der Waals surface area contributed by atoms with Crippen molar-refractivity contribution in [1.82, 2.24) is 14.1 Å². The Morgan fingerprint density at radius 2 is 2.07 bits per heavy atom. The van der Waals surface area contributed by atoms with E-state index >= 15 is 0 Å². The first-order valence-electron chi connectivity index (χ1n) is 10.1. The van der Waals surface area contributed by atoms with Crippen molar-refractivity contribution in [2.45, 2.75) is 38.6 Å². The maximum absolute atomic E-state index is 5.74.